The largest absolute Gasteiger partial charge is 0.352 e. The molecule has 5 rings (SSSR count). The second-order valence-corrected chi connectivity index (χ2v) is 8.74. The number of aryl methyl sites for hydroxylation is 1. The van der Waals surface area contributed by atoms with E-state index < -0.39 is 0 Å². The summed E-state index contributed by atoms with van der Waals surface area (Å²) in [6, 6.07) is 18.4. The molecule has 1 N–H and O–H groups in total. The van der Waals surface area contributed by atoms with Gasteiger partial charge in [-0.25, -0.2) is 0 Å². The summed E-state index contributed by atoms with van der Waals surface area (Å²) >= 11 is 5.83. The van der Waals surface area contributed by atoms with Gasteiger partial charge in [-0.05, 0) is 73.6 Å². The Morgan fingerprint density at radius 1 is 0.939 bits per heavy atom. The van der Waals surface area contributed by atoms with Gasteiger partial charge in [0.1, 0.15) is 0 Å². The van der Waals surface area contributed by atoms with Crippen LogP contribution in [-0.2, 0) is 13.1 Å². The van der Waals surface area contributed by atoms with Crippen molar-refractivity contribution >= 4 is 17.3 Å². The molecule has 1 fully saturated rings. The van der Waals surface area contributed by atoms with E-state index in [1.807, 2.05) is 61.2 Å². The lowest BCUT2D eigenvalue weighted by atomic mass is 9.96. The molecule has 0 unspecified atom stereocenters. The zero-order valence-electron chi connectivity index (χ0n) is 18.7. The van der Waals surface area contributed by atoms with Crippen LogP contribution in [0.4, 0.5) is 0 Å². The van der Waals surface area contributed by atoms with E-state index >= 15 is 0 Å². The van der Waals surface area contributed by atoms with E-state index in [-0.39, 0.29) is 12.1 Å². The van der Waals surface area contributed by atoms with Crippen molar-refractivity contribution in [3.05, 3.63) is 113 Å². The first-order chi connectivity index (χ1) is 16.1. The molecule has 0 radical (unpaired) electrons. The van der Waals surface area contributed by atoms with E-state index in [1.54, 1.807) is 0 Å². The zero-order chi connectivity index (χ0) is 22.8. The molecule has 4 aromatic rings. The maximum absolute atomic E-state index is 5.83. The van der Waals surface area contributed by atoms with Gasteiger partial charge in [0.15, 0.2) is 5.11 Å². The molecule has 1 saturated heterocycles. The van der Waals surface area contributed by atoms with Crippen molar-refractivity contribution in [3.8, 4) is 0 Å². The predicted octanol–water partition coefficient (Wildman–Crippen LogP) is 4.51. The van der Waals surface area contributed by atoms with E-state index in [0.717, 1.165) is 23.0 Å². The van der Waals surface area contributed by atoms with E-state index in [1.165, 1.54) is 22.5 Å². The average Bonchev–Trinajstić information content (AvgIpc) is 3.31. The summed E-state index contributed by atoms with van der Waals surface area (Å²) in [4.78, 5) is 15.7. The van der Waals surface area contributed by atoms with Crippen molar-refractivity contribution in [1.82, 2.24) is 29.7 Å². The summed E-state index contributed by atoms with van der Waals surface area (Å²) in [5.74, 6) is 0. The molecule has 0 spiro atoms. The van der Waals surface area contributed by atoms with Crippen molar-refractivity contribution in [1.29, 1.82) is 0 Å². The monoisotopic (exact) mass is 454 g/mol. The number of rotatable bonds is 6. The zero-order valence-corrected chi connectivity index (χ0v) is 19.5. The van der Waals surface area contributed by atoms with Crippen LogP contribution in [-0.4, -0.2) is 29.5 Å². The topological polar surface area (TPSA) is 58.9 Å². The van der Waals surface area contributed by atoms with Crippen molar-refractivity contribution in [2.45, 2.75) is 39.0 Å². The van der Waals surface area contributed by atoms with Gasteiger partial charge in [-0.15, -0.1) is 0 Å². The minimum Gasteiger partial charge on any atom is -0.352 e. The van der Waals surface area contributed by atoms with Crippen molar-refractivity contribution in [2.75, 3.05) is 0 Å². The molecule has 0 aromatic carbocycles. The molecule has 2 atom stereocenters. The molecule has 0 amide bonds. The highest BCUT2D eigenvalue weighted by Gasteiger charge is 2.41. The van der Waals surface area contributed by atoms with Gasteiger partial charge in [0.25, 0.3) is 0 Å². The van der Waals surface area contributed by atoms with Gasteiger partial charge in [0.05, 0.1) is 30.0 Å². The third-order valence-corrected chi connectivity index (χ3v) is 6.60. The first-order valence-corrected chi connectivity index (χ1v) is 11.5. The molecule has 7 heteroatoms. The highest BCUT2D eigenvalue weighted by Crippen LogP contribution is 2.41. The molecule has 33 heavy (non-hydrogen) atoms. The van der Waals surface area contributed by atoms with Gasteiger partial charge in [0, 0.05) is 42.7 Å². The van der Waals surface area contributed by atoms with E-state index in [4.69, 9.17) is 12.2 Å². The SMILES string of the molecule is Cc1cc([C@@H]2[C@H](c3ccccn3)NC(=S)N2Cc2ccccn2)c(C)n1Cc1cccnc1. The normalized spacial score (nSPS) is 17.9. The Labute approximate surface area is 199 Å². The molecule has 0 bridgehead atoms. The summed E-state index contributed by atoms with van der Waals surface area (Å²) < 4.78 is 2.35. The number of nitrogens with one attached hydrogen (secondary N) is 1. The second-order valence-electron chi connectivity index (χ2n) is 8.35. The third-order valence-electron chi connectivity index (χ3n) is 6.25. The molecular formula is C26H26N6S. The standard InChI is InChI=1S/C26H26N6S/c1-18-14-22(19(2)31(18)16-20-8-7-11-27-15-20)25-24(23-10-4-6-13-29-23)30-26(33)32(25)17-21-9-3-5-12-28-21/h3-15,24-25H,16-17H2,1-2H3,(H,30,33)/t24-,25+/m0/s1. The summed E-state index contributed by atoms with van der Waals surface area (Å²) in [5, 5.41) is 4.26. The van der Waals surface area contributed by atoms with Gasteiger partial charge in [0.2, 0.25) is 0 Å². The van der Waals surface area contributed by atoms with E-state index in [0.29, 0.717) is 6.54 Å². The van der Waals surface area contributed by atoms with E-state index in [2.05, 4.69) is 61.8 Å². The summed E-state index contributed by atoms with van der Waals surface area (Å²) in [7, 11) is 0. The van der Waals surface area contributed by atoms with Crippen LogP contribution in [0.3, 0.4) is 0 Å². The van der Waals surface area contributed by atoms with Gasteiger partial charge in [-0.2, -0.15) is 0 Å². The predicted molar refractivity (Wildman–Crippen MR) is 132 cm³/mol. The molecule has 5 heterocycles. The Bertz CT molecular complexity index is 1240. The number of aromatic nitrogens is 4. The number of pyridine rings is 3. The lowest BCUT2D eigenvalue weighted by Gasteiger charge is -2.28. The summed E-state index contributed by atoms with van der Waals surface area (Å²) in [5.41, 5.74) is 6.82. The molecule has 0 saturated carbocycles. The average molecular weight is 455 g/mol. The Kier molecular flexibility index (Phi) is 5.88. The highest BCUT2D eigenvalue weighted by molar-refractivity contribution is 7.80. The lowest BCUT2D eigenvalue weighted by molar-refractivity contribution is 0.307. The Balaban J connectivity index is 1.56. The highest BCUT2D eigenvalue weighted by atomic mass is 32.1. The summed E-state index contributed by atoms with van der Waals surface area (Å²) in [6.45, 7) is 5.76. The fourth-order valence-electron chi connectivity index (χ4n) is 4.63. The number of hydrogen-bond acceptors (Lipinski definition) is 4. The smallest absolute Gasteiger partial charge is 0.170 e. The number of hydrogen-bond donors (Lipinski definition) is 1. The third kappa shape index (κ3) is 4.24. The van der Waals surface area contributed by atoms with Crippen LogP contribution in [0.15, 0.2) is 79.4 Å². The lowest BCUT2D eigenvalue weighted by Crippen LogP contribution is -2.29. The minimum atomic E-state index is -0.0465. The fraction of sp³-hybridized carbons (Fsp3) is 0.231. The number of nitrogens with zero attached hydrogens (tertiary/aromatic N) is 5. The molecule has 4 aromatic heterocycles. The Hall–Kier alpha value is -3.58. The van der Waals surface area contributed by atoms with Crippen LogP contribution in [0.25, 0.3) is 0 Å². The first kappa shape index (κ1) is 21.3. The Morgan fingerprint density at radius 2 is 1.76 bits per heavy atom. The first-order valence-electron chi connectivity index (χ1n) is 11.1. The molecule has 1 aliphatic heterocycles. The van der Waals surface area contributed by atoms with Crippen molar-refractivity contribution in [3.63, 3.8) is 0 Å². The van der Waals surface area contributed by atoms with Crippen molar-refractivity contribution in [2.24, 2.45) is 0 Å². The maximum Gasteiger partial charge on any atom is 0.170 e. The van der Waals surface area contributed by atoms with E-state index in [9.17, 15) is 0 Å². The quantitative estimate of drug-likeness (QED) is 0.433. The van der Waals surface area contributed by atoms with Gasteiger partial charge >= 0.3 is 0 Å². The van der Waals surface area contributed by atoms with Crippen LogP contribution >= 0.6 is 12.2 Å². The van der Waals surface area contributed by atoms with Crippen molar-refractivity contribution < 1.29 is 0 Å². The number of thiocarbonyl (C=S) groups is 1. The maximum atomic E-state index is 5.83. The van der Waals surface area contributed by atoms with Gasteiger partial charge < -0.3 is 14.8 Å². The van der Waals surface area contributed by atoms with Crippen LogP contribution < -0.4 is 5.32 Å². The van der Waals surface area contributed by atoms with Crippen LogP contribution in [0.2, 0.25) is 0 Å². The fourth-order valence-corrected chi connectivity index (χ4v) is 4.93. The molecule has 166 valence electrons. The molecule has 6 nitrogen and oxygen atoms in total. The van der Waals surface area contributed by atoms with Crippen LogP contribution in [0.5, 0.6) is 0 Å². The van der Waals surface area contributed by atoms with Gasteiger partial charge in [-0.1, -0.05) is 18.2 Å². The second kappa shape index (κ2) is 9.11. The van der Waals surface area contributed by atoms with Crippen LogP contribution in [0, 0.1) is 13.8 Å². The van der Waals surface area contributed by atoms with Crippen LogP contribution in [0.1, 0.15) is 46.0 Å². The van der Waals surface area contributed by atoms with Gasteiger partial charge in [-0.3, -0.25) is 15.0 Å². The molecular weight excluding hydrogens is 428 g/mol. The molecule has 0 aliphatic carbocycles. The summed E-state index contributed by atoms with van der Waals surface area (Å²) in [6.07, 6.45) is 7.40. The minimum absolute atomic E-state index is 0.00301. The molecule has 1 aliphatic rings. The Morgan fingerprint density at radius 3 is 2.45 bits per heavy atom.